The van der Waals surface area contributed by atoms with Gasteiger partial charge in [0.2, 0.25) is 0 Å². The average Bonchev–Trinajstić information content (AvgIpc) is 2.20. The van der Waals surface area contributed by atoms with E-state index in [1.165, 1.54) is 23.5 Å². The summed E-state index contributed by atoms with van der Waals surface area (Å²) in [6.45, 7) is 0. The molecular weight excluding hydrogens is 220 g/mol. The molecule has 1 heterocycles. The first-order chi connectivity index (χ1) is 6.36. The SMILES string of the molecule is Clc1ccc(C2SCCCS2)cc1. The van der Waals surface area contributed by atoms with Gasteiger partial charge < -0.3 is 0 Å². The lowest BCUT2D eigenvalue weighted by Gasteiger charge is -2.20. The molecule has 0 radical (unpaired) electrons. The van der Waals surface area contributed by atoms with E-state index < -0.39 is 0 Å². The van der Waals surface area contributed by atoms with Gasteiger partial charge in [0.25, 0.3) is 0 Å². The first kappa shape index (κ1) is 9.75. The number of rotatable bonds is 1. The molecule has 2 rings (SSSR count). The number of thioether (sulfide) groups is 2. The lowest BCUT2D eigenvalue weighted by molar-refractivity contribution is 1.10. The summed E-state index contributed by atoms with van der Waals surface area (Å²) in [5.41, 5.74) is 1.40. The third-order valence-corrected chi connectivity index (χ3v) is 5.24. The third-order valence-electron chi connectivity index (χ3n) is 1.97. The van der Waals surface area contributed by atoms with Gasteiger partial charge in [-0.25, -0.2) is 0 Å². The summed E-state index contributed by atoms with van der Waals surface area (Å²) in [5, 5.41) is 0.828. The minimum absolute atomic E-state index is 0.631. The molecule has 0 amide bonds. The molecule has 0 atom stereocenters. The Balaban J connectivity index is 2.10. The summed E-state index contributed by atoms with van der Waals surface area (Å²) in [6, 6.07) is 8.23. The lowest BCUT2D eigenvalue weighted by atomic mass is 10.2. The molecule has 0 saturated carbocycles. The van der Waals surface area contributed by atoms with Gasteiger partial charge in [-0.05, 0) is 35.6 Å². The number of hydrogen-bond donors (Lipinski definition) is 0. The monoisotopic (exact) mass is 230 g/mol. The van der Waals surface area contributed by atoms with Crippen molar-refractivity contribution in [3.63, 3.8) is 0 Å². The average molecular weight is 231 g/mol. The molecule has 1 aromatic rings. The molecule has 0 nitrogen and oxygen atoms in total. The molecule has 1 fully saturated rings. The Hall–Kier alpha value is 0.210. The van der Waals surface area contributed by atoms with Crippen molar-refractivity contribution >= 4 is 35.1 Å². The second kappa shape index (κ2) is 4.63. The fraction of sp³-hybridized carbons (Fsp3) is 0.400. The molecule has 0 aliphatic carbocycles. The van der Waals surface area contributed by atoms with Crippen LogP contribution in [0.4, 0.5) is 0 Å². The molecular formula is C10H11ClS2. The molecule has 0 aromatic heterocycles. The molecule has 3 heteroatoms. The van der Waals surface area contributed by atoms with E-state index in [9.17, 15) is 0 Å². The number of halogens is 1. The largest absolute Gasteiger partial charge is 0.143 e. The fourth-order valence-electron chi connectivity index (χ4n) is 1.30. The Kier molecular flexibility index (Phi) is 3.47. The minimum atomic E-state index is 0.631. The predicted octanol–water partition coefficient (Wildman–Crippen LogP) is 4.21. The first-order valence-electron chi connectivity index (χ1n) is 4.35. The van der Waals surface area contributed by atoms with Crippen LogP contribution in [-0.4, -0.2) is 11.5 Å². The minimum Gasteiger partial charge on any atom is -0.143 e. The summed E-state index contributed by atoms with van der Waals surface area (Å²) >= 11 is 9.92. The Bertz CT molecular complexity index is 265. The second-order valence-electron chi connectivity index (χ2n) is 2.98. The summed E-state index contributed by atoms with van der Waals surface area (Å²) in [4.78, 5) is 0. The number of benzene rings is 1. The van der Waals surface area contributed by atoms with Crippen molar-refractivity contribution < 1.29 is 0 Å². The lowest BCUT2D eigenvalue weighted by Crippen LogP contribution is -1.99. The Morgan fingerprint density at radius 3 is 2.31 bits per heavy atom. The van der Waals surface area contributed by atoms with Crippen LogP contribution in [0, 0.1) is 0 Å². The van der Waals surface area contributed by atoms with Gasteiger partial charge in [-0.1, -0.05) is 23.7 Å². The first-order valence-corrected chi connectivity index (χ1v) is 6.82. The van der Waals surface area contributed by atoms with E-state index >= 15 is 0 Å². The van der Waals surface area contributed by atoms with Crippen LogP contribution in [0.15, 0.2) is 24.3 Å². The highest BCUT2D eigenvalue weighted by Crippen LogP contribution is 2.43. The molecule has 1 aromatic carbocycles. The quantitative estimate of drug-likeness (QED) is 0.709. The summed E-state index contributed by atoms with van der Waals surface area (Å²) in [6.07, 6.45) is 1.35. The van der Waals surface area contributed by atoms with Crippen molar-refractivity contribution in [1.29, 1.82) is 0 Å². The van der Waals surface area contributed by atoms with Gasteiger partial charge in [0, 0.05) is 5.02 Å². The Morgan fingerprint density at radius 1 is 1.08 bits per heavy atom. The van der Waals surface area contributed by atoms with Gasteiger partial charge in [0.15, 0.2) is 0 Å². The maximum Gasteiger partial charge on any atom is 0.0751 e. The van der Waals surface area contributed by atoms with Crippen LogP contribution >= 0.6 is 35.1 Å². The van der Waals surface area contributed by atoms with Gasteiger partial charge in [-0.2, -0.15) is 0 Å². The van der Waals surface area contributed by atoms with Crippen molar-refractivity contribution in [1.82, 2.24) is 0 Å². The molecule has 13 heavy (non-hydrogen) atoms. The van der Waals surface area contributed by atoms with E-state index in [4.69, 9.17) is 11.6 Å². The van der Waals surface area contributed by atoms with Crippen molar-refractivity contribution in [2.24, 2.45) is 0 Å². The summed E-state index contributed by atoms with van der Waals surface area (Å²) in [5.74, 6) is 2.58. The molecule has 1 saturated heterocycles. The van der Waals surface area contributed by atoms with Gasteiger partial charge in [-0.3, -0.25) is 0 Å². The van der Waals surface area contributed by atoms with Crippen LogP contribution in [0.5, 0.6) is 0 Å². The number of hydrogen-bond acceptors (Lipinski definition) is 2. The van der Waals surface area contributed by atoms with Crippen LogP contribution in [0.2, 0.25) is 5.02 Å². The molecule has 0 bridgehead atoms. The zero-order valence-corrected chi connectivity index (χ0v) is 9.59. The Labute approximate surface area is 92.4 Å². The van der Waals surface area contributed by atoms with Crippen LogP contribution in [0.25, 0.3) is 0 Å². The fourth-order valence-corrected chi connectivity index (χ4v) is 4.32. The van der Waals surface area contributed by atoms with E-state index in [0.29, 0.717) is 4.58 Å². The zero-order chi connectivity index (χ0) is 9.10. The van der Waals surface area contributed by atoms with E-state index in [1.807, 2.05) is 35.7 Å². The Morgan fingerprint density at radius 2 is 1.69 bits per heavy atom. The zero-order valence-electron chi connectivity index (χ0n) is 7.20. The van der Waals surface area contributed by atoms with Gasteiger partial charge >= 0.3 is 0 Å². The van der Waals surface area contributed by atoms with Crippen LogP contribution in [-0.2, 0) is 0 Å². The maximum atomic E-state index is 5.84. The van der Waals surface area contributed by atoms with E-state index in [2.05, 4.69) is 12.1 Å². The standard InChI is InChI=1S/C10H11ClS2/c11-9-4-2-8(3-5-9)10-12-6-1-7-13-10/h2-5,10H,1,6-7H2. The molecule has 0 spiro atoms. The highest BCUT2D eigenvalue weighted by Gasteiger charge is 2.15. The van der Waals surface area contributed by atoms with Gasteiger partial charge in [0.1, 0.15) is 0 Å². The van der Waals surface area contributed by atoms with Crippen molar-refractivity contribution in [2.75, 3.05) is 11.5 Å². The summed E-state index contributed by atoms with van der Waals surface area (Å²) < 4.78 is 0.631. The third kappa shape index (κ3) is 2.58. The highest BCUT2D eigenvalue weighted by molar-refractivity contribution is 8.16. The molecule has 0 unspecified atom stereocenters. The smallest absolute Gasteiger partial charge is 0.0751 e. The molecule has 1 aliphatic rings. The van der Waals surface area contributed by atoms with E-state index in [0.717, 1.165) is 5.02 Å². The predicted molar refractivity (Wildman–Crippen MR) is 63.7 cm³/mol. The van der Waals surface area contributed by atoms with Gasteiger partial charge in [0.05, 0.1) is 4.58 Å². The van der Waals surface area contributed by atoms with Crippen LogP contribution in [0.3, 0.4) is 0 Å². The van der Waals surface area contributed by atoms with Crippen molar-refractivity contribution in [3.8, 4) is 0 Å². The van der Waals surface area contributed by atoms with Crippen molar-refractivity contribution in [2.45, 2.75) is 11.0 Å². The van der Waals surface area contributed by atoms with Gasteiger partial charge in [-0.15, -0.1) is 23.5 Å². The topological polar surface area (TPSA) is 0 Å². The molecule has 70 valence electrons. The molecule has 0 N–H and O–H groups in total. The van der Waals surface area contributed by atoms with E-state index in [-0.39, 0.29) is 0 Å². The highest BCUT2D eigenvalue weighted by atomic mass is 35.5. The second-order valence-corrected chi connectivity index (χ2v) is 6.14. The maximum absolute atomic E-state index is 5.84. The summed E-state index contributed by atoms with van der Waals surface area (Å²) in [7, 11) is 0. The molecule has 1 aliphatic heterocycles. The van der Waals surface area contributed by atoms with E-state index in [1.54, 1.807) is 0 Å². The van der Waals surface area contributed by atoms with Crippen LogP contribution in [0.1, 0.15) is 16.6 Å². The van der Waals surface area contributed by atoms with Crippen LogP contribution < -0.4 is 0 Å². The normalized spacial score (nSPS) is 18.8. The van der Waals surface area contributed by atoms with Crippen molar-refractivity contribution in [3.05, 3.63) is 34.9 Å².